The molecule has 0 radical (unpaired) electrons. The second kappa shape index (κ2) is 5.76. The maximum atomic E-state index is 6.72. The number of para-hydroxylation sites is 1. The minimum Gasteiger partial charge on any atom is -0.332 e. The van der Waals surface area contributed by atoms with Gasteiger partial charge in [-0.2, -0.15) is 0 Å². The highest BCUT2D eigenvalue weighted by Gasteiger charge is 2.39. The maximum absolute atomic E-state index is 6.72. The smallest absolute Gasteiger partial charge is 0.0685 e. The summed E-state index contributed by atoms with van der Waals surface area (Å²) in [6.45, 7) is 0. The van der Waals surface area contributed by atoms with Gasteiger partial charge in [-0.15, -0.1) is 0 Å². The van der Waals surface area contributed by atoms with Crippen LogP contribution in [0.1, 0.15) is 11.5 Å². The van der Waals surface area contributed by atoms with Crippen LogP contribution in [0.25, 0.3) is 10.8 Å². The van der Waals surface area contributed by atoms with Gasteiger partial charge in [0.25, 0.3) is 0 Å². The fraction of sp³-hybridized carbons (Fsp3) is 0.0909. The quantitative estimate of drug-likeness (QED) is 0.421. The summed E-state index contributed by atoms with van der Waals surface area (Å²) >= 11 is 10.4. The molecule has 1 aliphatic heterocycles. The van der Waals surface area contributed by atoms with Gasteiger partial charge in [0.15, 0.2) is 0 Å². The third-order valence-corrected chi connectivity index (χ3v) is 5.94. The van der Waals surface area contributed by atoms with Crippen LogP contribution in [0.15, 0.2) is 83.4 Å². The number of fused-ring (bicyclic) bond motifs is 4. The average molecular weight is 409 g/mol. The van der Waals surface area contributed by atoms with Gasteiger partial charge < -0.3 is 4.90 Å². The Morgan fingerprint density at radius 2 is 1.72 bits per heavy atom. The topological polar surface area (TPSA) is 3.24 Å². The summed E-state index contributed by atoms with van der Waals surface area (Å²) in [5, 5.41) is 3.18. The summed E-state index contributed by atoms with van der Waals surface area (Å²) in [5.74, 6) is 0.325. The van der Waals surface area contributed by atoms with E-state index < -0.39 is 0 Å². The highest BCUT2D eigenvalue weighted by molar-refractivity contribution is 9.11. The second-order valence-electron chi connectivity index (χ2n) is 6.47. The molecule has 122 valence electrons. The molecule has 0 fully saturated rings. The van der Waals surface area contributed by atoms with Gasteiger partial charge in [0, 0.05) is 21.5 Å². The highest BCUT2D eigenvalue weighted by Crippen LogP contribution is 2.51. The van der Waals surface area contributed by atoms with E-state index in [2.05, 4.69) is 93.7 Å². The number of benzene rings is 3. The number of allylic oxidation sites excluding steroid dienone is 2. The third kappa shape index (κ3) is 2.28. The number of nitrogens with zero attached hydrogens (tertiary/aromatic N) is 1. The van der Waals surface area contributed by atoms with Crippen molar-refractivity contribution in [1.82, 2.24) is 0 Å². The van der Waals surface area contributed by atoms with E-state index in [1.54, 1.807) is 0 Å². The Morgan fingerprint density at radius 3 is 2.64 bits per heavy atom. The molecule has 3 heteroatoms. The highest BCUT2D eigenvalue weighted by atomic mass is 79.9. The number of hydrogen-bond acceptors (Lipinski definition) is 1. The Kier molecular flexibility index (Phi) is 3.51. The molecule has 3 aromatic rings. The van der Waals surface area contributed by atoms with Crippen LogP contribution in [-0.4, -0.2) is 6.04 Å². The Bertz CT molecular complexity index is 1050. The van der Waals surface area contributed by atoms with Crippen molar-refractivity contribution in [2.75, 3.05) is 4.90 Å². The van der Waals surface area contributed by atoms with Crippen molar-refractivity contribution >= 4 is 49.7 Å². The predicted octanol–water partition coefficient (Wildman–Crippen LogP) is 6.95. The summed E-state index contributed by atoms with van der Waals surface area (Å²) in [7, 11) is 0. The van der Waals surface area contributed by atoms with Crippen LogP contribution in [0.3, 0.4) is 0 Å². The monoisotopic (exact) mass is 407 g/mol. The molecule has 25 heavy (non-hydrogen) atoms. The molecule has 2 unspecified atom stereocenters. The summed E-state index contributed by atoms with van der Waals surface area (Å²) in [4.78, 5) is 2.40. The van der Waals surface area contributed by atoms with Gasteiger partial charge in [0.05, 0.1) is 16.8 Å². The van der Waals surface area contributed by atoms with Crippen molar-refractivity contribution in [2.24, 2.45) is 0 Å². The maximum Gasteiger partial charge on any atom is 0.0685 e. The van der Waals surface area contributed by atoms with Gasteiger partial charge in [-0.1, -0.05) is 94.3 Å². The molecule has 1 aliphatic carbocycles. The van der Waals surface area contributed by atoms with E-state index in [-0.39, 0.29) is 6.04 Å². The number of hydrogen-bond donors (Lipinski definition) is 0. The third-order valence-electron chi connectivity index (χ3n) is 5.11. The second-order valence-corrected chi connectivity index (χ2v) is 7.80. The molecular weight excluding hydrogens is 394 g/mol. The fourth-order valence-electron chi connectivity index (χ4n) is 4.05. The molecule has 2 atom stereocenters. The van der Waals surface area contributed by atoms with Gasteiger partial charge in [-0.25, -0.2) is 0 Å². The van der Waals surface area contributed by atoms with E-state index in [1.165, 1.54) is 22.0 Å². The first kappa shape index (κ1) is 15.2. The van der Waals surface area contributed by atoms with E-state index >= 15 is 0 Å². The van der Waals surface area contributed by atoms with E-state index in [1.807, 2.05) is 6.07 Å². The molecule has 0 bridgehead atoms. The number of rotatable bonds is 1. The van der Waals surface area contributed by atoms with Crippen LogP contribution < -0.4 is 4.90 Å². The van der Waals surface area contributed by atoms with E-state index in [4.69, 9.17) is 11.6 Å². The lowest BCUT2D eigenvalue weighted by Gasteiger charge is -2.31. The molecule has 2 aliphatic rings. The summed E-state index contributed by atoms with van der Waals surface area (Å²) in [6.07, 6.45) is 6.70. The lowest BCUT2D eigenvalue weighted by Crippen LogP contribution is -2.29. The van der Waals surface area contributed by atoms with Crippen LogP contribution >= 0.6 is 27.5 Å². The van der Waals surface area contributed by atoms with Crippen LogP contribution in [0.4, 0.5) is 11.4 Å². The van der Waals surface area contributed by atoms with Crippen molar-refractivity contribution in [3.63, 3.8) is 0 Å². The Morgan fingerprint density at radius 1 is 0.920 bits per heavy atom. The van der Waals surface area contributed by atoms with Gasteiger partial charge in [0.2, 0.25) is 0 Å². The van der Waals surface area contributed by atoms with Crippen molar-refractivity contribution in [1.29, 1.82) is 0 Å². The van der Waals surface area contributed by atoms with Gasteiger partial charge >= 0.3 is 0 Å². The molecule has 3 aromatic carbocycles. The first-order chi connectivity index (χ1) is 12.2. The van der Waals surface area contributed by atoms with Gasteiger partial charge in [-0.05, 0) is 23.1 Å². The standard InChI is InChI=1S/C22H15BrClN/c23-15-10-12-21-18(13-15)17-7-3-4-8-20(17)25(21)22-16-6-2-1-5-14(16)9-11-19(22)24/h1-13,18,21H. The average Bonchev–Trinajstić information content (AvgIpc) is 2.95. The van der Waals surface area contributed by atoms with Gasteiger partial charge in [-0.3, -0.25) is 0 Å². The van der Waals surface area contributed by atoms with Crippen molar-refractivity contribution < 1.29 is 0 Å². The van der Waals surface area contributed by atoms with Crippen LogP contribution in [0.5, 0.6) is 0 Å². The molecule has 0 saturated heterocycles. The largest absolute Gasteiger partial charge is 0.332 e. The molecule has 0 saturated carbocycles. The van der Waals surface area contributed by atoms with E-state index in [0.717, 1.165) is 15.2 Å². The lowest BCUT2D eigenvalue weighted by atomic mass is 9.91. The molecular formula is C22H15BrClN. The minimum absolute atomic E-state index is 0.238. The SMILES string of the molecule is Clc1ccc2ccccc2c1N1c2ccccc2C2C=C(Br)C=CC21. The first-order valence-corrected chi connectivity index (χ1v) is 9.52. The Hall–Kier alpha value is -2.03. The molecule has 0 amide bonds. The lowest BCUT2D eigenvalue weighted by molar-refractivity contribution is 0.745. The van der Waals surface area contributed by atoms with Crippen molar-refractivity contribution in [3.8, 4) is 0 Å². The van der Waals surface area contributed by atoms with Crippen LogP contribution in [0.2, 0.25) is 5.02 Å². The summed E-state index contributed by atoms with van der Waals surface area (Å²) < 4.78 is 1.13. The molecule has 0 aromatic heterocycles. The number of anilines is 2. The van der Waals surface area contributed by atoms with Crippen molar-refractivity contribution in [2.45, 2.75) is 12.0 Å². The zero-order valence-corrected chi connectivity index (χ0v) is 15.7. The first-order valence-electron chi connectivity index (χ1n) is 8.35. The zero-order valence-electron chi connectivity index (χ0n) is 13.4. The normalized spacial score (nSPS) is 21.2. The molecule has 0 spiro atoms. The van der Waals surface area contributed by atoms with Crippen molar-refractivity contribution in [3.05, 3.63) is 94.0 Å². The number of halogens is 2. The van der Waals surface area contributed by atoms with E-state index in [0.29, 0.717) is 5.92 Å². The Labute approximate surface area is 160 Å². The minimum atomic E-state index is 0.238. The Balaban J connectivity index is 1.81. The molecule has 1 heterocycles. The predicted molar refractivity (Wildman–Crippen MR) is 110 cm³/mol. The molecule has 0 N–H and O–H groups in total. The van der Waals surface area contributed by atoms with Crippen LogP contribution in [-0.2, 0) is 0 Å². The van der Waals surface area contributed by atoms with Crippen LogP contribution in [0, 0.1) is 0 Å². The molecule has 5 rings (SSSR count). The summed E-state index contributed by atoms with van der Waals surface area (Å²) in [6, 6.07) is 21.4. The molecule has 1 nitrogen and oxygen atoms in total. The summed E-state index contributed by atoms with van der Waals surface area (Å²) in [5.41, 5.74) is 3.67. The van der Waals surface area contributed by atoms with Gasteiger partial charge in [0.1, 0.15) is 0 Å². The van der Waals surface area contributed by atoms with E-state index in [9.17, 15) is 0 Å². The zero-order chi connectivity index (χ0) is 17.0. The fourth-order valence-corrected chi connectivity index (χ4v) is 4.74.